The van der Waals surface area contributed by atoms with Crippen LogP contribution in [0.4, 0.5) is 0 Å². The monoisotopic (exact) mass is 282 g/mol. The second kappa shape index (κ2) is 8.15. The topological polar surface area (TPSA) is 49.3 Å². The molecule has 0 atom stereocenters. The lowest BCUT2D eigenvalue weighted by atomic mass is 10.1. The minimum absolute atomic E-state index is 0.649. The maximum atomic E-state index is 4.58. The van der Waals surface area contributed by atoms with E-state index in [0.29, 0.717) is 12.5 Å². The molecule has 0 aromatic carbocycles. The highest BCUT2D eigenvalue weighted by Crippen LogP contribution is 2.16. The molecular weight excluding hydrogens is 256 g/mol. The first kappa shape index (κ1) is 16.0. The number of thiazole rings is 1. The van der Waals surface area contributed by atoms with E-state index in [0.717, 1.165) is 36.2 Å². The van der Waals surface area contributed by atoms with Gasteiger partial charge in [0.1, 0.15) is 5.01 Å². The van der Waals surface area contributed by atoms with Crippen LogP contribution in [0.15, 0.2) is 4.99 Å². The van der Waals surface area contributed by atoms with E-state index in [1.165, 1.54) is 4.88 Å². The van der Waals surface area contributed by atoms with Crippen molar-refractivity contribution in [2.45, 2.75) is 47.6 Å². The Labute approximate surface area is 120 Å². The number of guanidine groups is 1. The summed E-state index contributed by atoms with van der Waals surface area (Å²) in [4.78, 5) is 10.4. The second-order valence-electron chi connectivity index (χ2n) is 5.05. The van der Waals surface area contributed by atoms with Gasteiger partial charge in [0.05, 0.1) is 12.2 Å². The van der Waals surface area contributed by atoms with E-state index in [-0.39, 0.29) is 0 Å². The Balaban J connectivity index is 2.52. The Morgan fingerprint density at radius 2 is 2.05 bits per heavy atom. The molecule has 1 aromatic heterocycles. The van der Waals surface area contributed by atoms with Crippen molar-refractivity contribution >= 4 is 17.3 Å². The van der Waals surface area contributed by atoms with Crippen LogP contribution in [0.1, 0.15) is 42.8 Å². The van der Waals surface area contributed by atoms with Crippen LogP contribution in [0.25, 0.3) is 0 Å². The van der Waals surface area contributed by atoms with Crippen LogP contribution in [-0.4, -0.2) is 24.0 Å². The largest absolute Gasteiger partial charge is 0.357 e. The summed E-state index contributed by atoms with van der Waals surface area (Å²) in [6.07, 6.45) is 1.15. The van der Waals surface area contributed by atoms with Gasteiger partial charge < -0.3 is 10.6 Å². The van der Waals surface area contributed by atoms with Gasteiger partial charge in [-0.05, 0) is 33.1 Å². The van der Waals surface area contributed by atoms with E-state index in [1.54, 1.807) is 11.3 Å². The van der Waals surface area contributed by atoms with Crippen LogP contribution < -0.4 is 10.6 Å². The van der Waals surface area contributed by atoms with Crippen molar-refractivity contribution < 1.29 is 0 Å². The van der Waals surface area contributed by atoms with E-state index in [9.17, 15) is 0 Å². The zero-order chi connectivity index (χ0) is 14.3. The zero-order valence-electron chi connectivity index (χ0n) is 12.7. The molecule has 1 rings (SSSR count). The van der Waals surface area contributed by atoms with Gasteiger partial charge >= 0.3 is 0 Å². The van der Waals surface area contributed by atoms with Crippen molar-refractivity contribution in [1.29, 1.82) is 0 Å². The highest BCUT2D eigenvalue weighted by Gasteiger charge is 2.04. The number of hydrogen-bond acceptors (Lipinski definition) is 3. The van der Waals surface area contributed by atoms with Crippen molar-refractivity contribution in [3.05, 3.63) is 15.6 Å². The number of hydrogen-bond donors (Lipinski definition) is 2. The summed E-state index contributed by atoms with van der Waals surface area (Å²) in [5.41, 5.74) is 1.12. The molecule has 0 saturated carbocycles. The molecule has 2 N–H and O–H groups in total. The Bertz CT molecular complexity index is 390. The zero-order valence-corrected chi connectivity index (χ0v) is 13.5. The molecule has 0 saturated heterocycles. The van der Waals surface area contributed by atoms with Crippen LogP contribution in [0.5, 0.6) is 0 Å². The predicted octanol–water partition coefficient (Wildman–Crippen LogP) is 2.86. The lowest BCUT2D eigenvalue weighted by Gasteiger charge is -2.11. The lowest BCUT2D eigenvalue weighted by molar-refractivity contribution is 0.573. The maximum absolute atomic E-state index is 4.58. The van der Waals surface area contributed by atoms with E-state index in [1.807, 2.05) is 6.92 Å². The molecule has 0 unspecified atom stereocenters. The molecule has 0 bridgehead atoms. The van der Waals surface area contributed by atoms with Crippen molar-refractivity contribution in [1.82, 2.24) is 15.6 Å². The molecule has 0 radical (unpaired) electrons. The van der Waals surface area contributed by atoms with Gasteiger partial charge in [-0.1, -0.05) is 13.8 Å². The van der Waals surface area contributed by atoms with Gasteiger partial charge in [-0.2, -0.15) is 0 Å². The number of aryl methyl sites for hydroxylation is 2. The van der Waals surface area contributed by atoms with Crippen LogP contribution >= 0.6 is 11.3 Å². The number of aliphatic imine (C=N–C) groups is 1. The molecule has 4 nitrogen and oxygen atoms in total. The first-order valence-corrected chi connectivity index (χ1v) is 7.79. The molecule has 0 spiro atoms. The van der Waals surface area contributed by atoms with Crippen molar-refractivity contribution in [2.75, 3.05) is 13.1 Å². The third kappa shape index (κ3) is 6.05. The smallest absolute Gasteiger partial charge is 0.191 e. The molecule has 19 heavy (non-hydrogen) atoms. The fraction of sp³-hybridized carbons (Fsp3) is 0.714. The van der Waals surface area contributed by atoms with Crippen molar-refractivity contribution in [2.24, 2.45) is 10.9 Å². The Hall–Kier alpha value is -1.10. The molecule has 5 heteroatoms. The standard InChI is InChI=1S/C14H26N4S/c1-6-15-14(16-8-7-10(2)3)17-9-13-18-11(4)12(5)19-13/h10H,6-9H2,1-5H3,(H2,15,16,17). The summed E-state index contributed by atoms with van der Waals surface area (Å²) < 4.78 is 0. The fourth-order valence-electron chi connectivity index (χ4n) is 1.57. The van der Waals surface area contributed by atoms with Gasteiger partial charge in [0, 0.05) is 18.0 Å². The number of aromatic nitrogens is 1. The Morgan fingerprint density at radius 3 is 2.58 bits per heavy atom. The summed E-state index contributed by atoms with van der Waals surface area (Å²) in [7, 11) is 0. The predicted molar refractivity (Wildman–Crippen MR) is 83.9 cm³/mol. The fourth-order valence-corrected chi connectivity index (χ4v) is 2.43. The van der Waals surface area contributed by atoms with Crippen molar-refractivity contribution in [3.63, 3.8) is 0 Å². The minimum atomic E-state index is 0.649. The van der Waals surface area contributed by atoms with Gasteiger partial charge in [0.2, 0.25) is 0 Å². The van der Waals surface area contributed by atoms with Gasteiger partial charge in [-0.3, -0.25) is 0 Å². The highest BCUT2D eigenvalue weighted by atomic mass is 32.1. The van der Waals surface area contributed by atoms with E-state index in [4.69, 9.17) is 0 Å². The second-order valence-corrected chi connectivity index (χ2v) is 6.34. The summed E-state index contributed by atoms with van der Waals surface area (Å²) >= 11 is 1.73. The van der Waals surface area contributed by atoms with Gasteiger partial charge in [0.25, 0.3) is 0 Å². The molecule has 1 heterocycles. The van der Waals surface area contributed by atoms with Gasteiger partial charge in [-0.25, -0.2) is 9.98 Å². The summed E-state index contributed by atoms with van der Waals surface area (Å²) in [5, 5.41) is 7.70. The average molecular weight is 282 g/mol. The Morgan fingerprint density at radius 1 is 1.32 bits per heavy atom. The van der Waals surface area contributed by atoms with Crippen molar-refractivity contribution in [3.8, 4) is 0 Å². The lowest BCUT2D eigenvalue weighted by Crippen LogP contribution is -2.38. The minimum Gasteiger partial charge on any atom is -0.357 e. The number of rotatable bonds is 6. The molecular formula is C14H26N4S. The molecule has 108 valence electrons. The summed E-state index contributed by atoms with van der Waals surface area (Å²) in [6, 6.07) is 0. The molecule has 0 aliphatic carbocycles. The normalized spacial score (nSPS) is 12.0. The van der Waals surface area contributed by atoms with Gasteiger partial charge in [-0.15, -0.1) is 11.3 Å². The summed E-state index contributed by atoms with van der Waals surface area (Å²) in [6.45, 7) is 13.2. The van der Waals surface area contributed by atoms with Gasteiger partial charge in [0.15, 0.2) is 5.96 Å². The molecule has 0 aliphatic rings. The van der Waals surface area contributed by atoms with E-state index in [2.05, 4.69) is 48.3 Å². The third-order valence-corrected chi connectivity index (χ3v) is 3.86. The summed E-state index contributed by atoms with van der Waals surface area (Å²) in [5.74, 6) is 1.59. The van der Waals surface area contributed by atoms with E-state index < -0.39 is 0 Å². The first-order chi connectivity index (χ1) is 9.02. The highest BCUT2D eigenvalue weighted by molar-refractivity contribution is 7.11. The van der Waals surface area contributed by atoms with E-state index >= 15 is 0 Å². The van der Waals surface area contributed by atoms with Crippen LogP contribution in [0, 0.1) is 19.8 Å². The molecule has 0 aliphatic heterocycles. The first-order valence-electron chi connectivity index (χ1n) is 6.98. The quantitative estimate of drug-likeness (QED) is 0.623. The average Bonchev–Trinajstić information content (AvgIpc) is 2.65. The number of nitrogens with one attached hydrogen (secondary N) is 2. The van der Waals surface area contributed by atoms with Crippen LogP contribution in [0.2, 0.25) is 0 Å². The SMILES string of the molecule is CCNC(=NCc1nc(C)c(C)s1)NCCC(C)C. The number of nitrogens with zero attached hydrogens (tertiary/aromatic N) is 2. The third-order valence-electron chi connectivity index (χ3n) is 2.80. The molecule has 0 amide bonds. The Kier molecular flexibility index (Phi) is 6.84. The van der Waals surface area contributed by atoms with Crippen LogP contribution in [-0.2, 0) is 6.54 Å². The molecule has 1 aromatic rings. The maximum Gasteiger partial charge on any atom is 0.191 e. The van der Waals surface area contributed by atoms with Crippen LogP contribution in [0.3, 0.4) is 0 Å². The molecule has 0 fully saturated rings.